The van der Waals surface area contributed by atoms with Crippen molar-refractivity contribution in [2.45, 2.75) is 5.92 Å². The van der Waals surface area contributed by atoms with E-state index in [2.05, 4.69) is 26.6 Å². The van der Waals surface area contributed by atoms with Crippen LogP contribution in [0.4, 0.5) is 0 Å². The molecule has 1 atom stereocenters. The van der Waals surface area contributed by atoms with Gasteiger partial charge in [-0.25, -0.2) is 0 Å². The maximum Gasteiger partial charge on any atom is 0.269 e. The number of hydrogen-bond acceptors (Lipinski definition) is 2. The Hall–Kier alpha value is -2.76. The minimum atomic E-state index is -0.220. The highest BCUT2D eigenvalue weighted by Crippen LogP contribution is 2.35. The molecule has 0 saturated heterocycles. The second kappa shape index (κ2) is 7.47. The third-order valence-corrected chi connectivity index (χ3v) is 5.11. The number of carbonyl (C=O) groups excluding carboxylic acids is 1. The number of amides is 1. The molecule has 2 aromatic carbocycles. The minimum Gasteiger partial charge on any atom is -0.361 e. The van der Waals surface area contributed by atoms with Gasteiger partial charge in [-0.05, 0) is 35.4 Å². The number of fused-ring (bicyclic) bond motifs is 1. The maximum absolute atomic E-state index is 12.4. The van der Waals surface area contributed by atoms with Crippen molar-refractivity contribution in [3.8, 4) is 0 Å². The van der Waals surface area contributed by atoms with E-state index in [1.807, 2.05) is 30.5 Å². The first kappa shape index (κ1) is 17.6. The lowest BCUT2D eigenvalue weighted by Crippen LogP contribution is -2.29. The van der Waals surface area contributed by atoms with Crippen LogP contribution in [0.2, 0.25) is 10.0 Å². The standard InChI is InChI=1S/C20H16Cl2N4O/c21-12-5-6-13(17(22)9-12)15(11-24-20(27)19-7-8-25-26-19)16-10-23-18-4-2-1-3-14(16)18/h1-10,15,23H,11H2,(H,24,27)(H,25,26). The number of nitrogens with one attached hydrogen (secondary N) is 3. The summed E-state index contributed by atoms with van der Waals surface area (Å²) in [4.78, 5) is 15.7. The molecule has 2 heterocycles. The van der Waals surface area contributed by atoms with Gasteiger partial charge in [0.25, 0.3) is 5.91 Å². The summed E-state index contributed by atoms with van der Waals surface area (Å²) in [5, 5.41) is 11.7. The first-order valence-electron chi connectivity index (χ1n) is 8.42. The number of para-hydroxylation sites is 1. The van der Waals surface area contributed by atoms with Crippen molar-refractivity contribution in [1.29, 1.82) is 0 Å². The number of halogens is 2. The third-order valence-electron chi connectivity index (χ3n) is 4.55. The summed E-state index contributed by atoms with van der Waals surface area (Å²) in [5.74, 6) is -0.361. The minimum absolute atomic E-state index is 0.141. The zero-order valence-electron chi connectivity index (χ0n) is 14.2. The van der Waals surface area contributed by atoms with E-state index in [9.17, 15) is 4.79 Å². The Morgan fingerprint density at radius 2 is 1.96 bits per heavy atom. The van der Waals surface area contributed by atoms with Gasteiger partial charge in [-0.2, -0.15) is 5.10 Å². The van der Waals surface area contributed by atoms with Crippen molar-refractivity contribution in [1.82, 2.24) is 20.5 Å². The van der Waals surface area contributed by atoms with E-state index in [1.165, 1.54) is 0 Å². The Morgan fingerprint density at radius 3 is 2.74 bits per heavy atom. The van der Waals surface area contributed by atoms with Gasteiger partial charge in [0, 0.05) is 45.8 Å². The Balaban J connectivity index is 1.72. The SMILES string of the molecule is O=C(NCC(c1ccc(Cl)cc1Cl)c1c[nH]c2ccccc12)c1ccn[nH]1. The van der Waals surface area contributed by atoms with Gasteiger partial charge in [0.2, 0.25) is 0 Å². The van der Waals surface area contributed by atoms with Gasteiger partial charge < -0.3 is 10.3 Å². The van der Waals surface area contributed by atoms with Crippen molar-refractivity contribution in [3.05, 3.63) is 87.8 Å². The average Bonchev–Trinajstić information content (AvgIpc) is 3.33. The molecule has 5 nitrogen and oxygen atoms in total. The molecule has 0 spiro atoms. The molecule has 4 aromatic rings. The molecule has 0 aliphatic rings. The molecule has 1 unspecified atom stereocenters. The van der Waals surface area contributed by atoms with E-state index in [0.717, 1.165) is 22.0 Å². The number of H-pyrrole nitrogens is 2. The quantitative estimate of drug-likeness (QED) is 0.453. The van der Waals surface area contributed by atoms with E-state index >= 15 is 0 Å². The summed E-state index contributed by atoms with van der Waals surface area (Å²) in [6.07, 6.45) is 3.50. The number of rotatable bonds is 5. The molecule has 27 heavy (non-hydrogen) atoms. The molecule has 0 fully saturated rings. The van der Waals surface area contributed by atoms with E-state index in [0.29, 0.717) is 22.3 Å². The van der Waals surface area contributed by atoms with Crippen LogP contribution in [0.3, 0.4) is 0 Å². The van der Waals surface area contributed by atoms with Crippen LogP contribution in [-0.2, 0) is 0 Å². The van der Waals surface area contributed by atoms with Crippen LogP contribution in [0, 0.1) is 0 Å². The highest BCUT2D eigenvalue weighted by Gasteiger charge is 2.22. The van der Waals surface area contributed by atoms with Crippen molar-refractivity contribution < 1.29 is 4.79 Å². The predicted octanol–water partition coefficient (Wildman–Crippen LogP) is 4.76. The van der Waals surface area contributed by atoms with Crippen LogP contribution >= 0.6 is 23.2 Å². The molecule has 7 heteroatoms. The van der Waals surface area contributed by atoms with Crippen LogP contribution in [0.1, 0.15) is 27.5 Å². The Labute approximate surface area is 165 Å². The fourth-order valence-corrected chi connectivity index (χ4v) is 3.77. The van der Waals surface area contributed by atoms with Gasteiger partial charge in [-0.3, -0.25) is 9.89 Å². The first-order chi connectivity index (χ1) is 13.1. The molecule has 4 rings (SSSR count). The molecule has 0 aliphatic carbocycles. The summed E-state index contributed by atoms with van der Waals surface area (Å²) in [5.41, 5.74) is 3.40. The molecule has 0 aliphatic heterocycles. The molecule has 3 N–H and O–H groups in total. The first-order valence-corrected chi connectivity index (χ1v) is 9.17. The number of nitrogens with zero attached hydrogens (tertiary/aromatic N) is 1. The highest BCUT2D eigenvalue weighted by atomic mass is 35.5. The molecule has 0 saturated carbocycles. The topological polar surface area (TPSA) is 73.6 Å². The lowest BCUT2D eigenvalue weighted by molar-refractivity contribution is 0.0947. The predicted molar refractivity (Wildman–Crippen MR) is 108 cm³/mol. The van der Waals surface area contributed by atoms with Crippen LogP contribution in [0.5, 0.6) is 0 Å². The van der Waals surface area contributed by atoms with E-state index < -0.39 is 0 Å². The molecule has 0 radical (unpaired) electrons. The Bertz CT molecular complexity index is 1090. The normalized spacial score (nSPS) is 12.2. The van der Waals surface area contributed by atoms with Crippen LogP contribution in [-0.4, -0.2) is 27.6 Å². The maximum atomic E-state index is 12.4. The zero-order valence-corrected chi connectivity index (χ0v) is 15.7. The second-order valence-electron chi connectivity index (χ2n) is 6.19. The van der Waals surface area contributed by atoms with Gasteiger partial charge in [0.05, 0.1) is 0 Å². The fourth-order valence-electron chi connectivity index (χ4n) is 3.23. The van der Waals surface area contributed by atoms with E-state index in [4.69, 9.17) is 23.2 Å². The summed E-state index contributed by atoms with van der Waals surface area (Å²) in [6, 6.07) is 15.1. The number of benzene rings is 2. The molecule has 2 aromatic heterocycles. The van der Waals surface area contributed by atoms with Crippen LogP contribution in [0.25, 0.3) is 10.9 Å². The number of aromatic amines is 2. The van der Waals surface area contributed by atoms with Gasteiger partial charge in [0.15, 0.2) is 0 Å². The number of hydrogen-bond donors (Lipinski definition) is 3. The largest absolute Gasteiger partial charge is 0.361 e. The fraction of sp³-hybridized carbons (Fsp3) is 0.100. The van der Waals surface area contributed by atoms with E-state index in [-0.39, 0.29) is 11.8 Å². The smallest absolute Gasteiger partial charge is 0.269 e. The summed E-state index contributed by atoms with van der Waals surface area (Å²) >= 11 is 12.5. The summed E-state index contributed by atoms with van der Waals surface area (Å²) in [6.45, 7) is 0.376. The summed E-state index contributed by atoms with van der Waals surface area (Å²) < 4.78 is 0. The van der Waals surface area contributed by atoms with Crippen LogP contribution in [0.15, 0.2) is 60.9 Å². The van der Waals surface area contributed by atoms with Gasteiger partial charge in [-0.15, -0.1) is 0 Å². The van der Waals surface area contributed by atoms with Gasteiger partial charge >= 0.3 is 0 Å². The van der Waals surface area contributed by atoms with Crippen molar-refractivity contribution in [2.24, 2.45) is 0 Å². The lowest BCUT2D eigenvalue weighted by atomic mass is 9.90. The van der Waals surface area contributed by atoms with Gasteiger partial charge in [-0.1, -0.05) is 47.5 Å². The summed E-state index contributed by atoms with van der Waals surface area (Å²) in [7, 11) is 0. The van der Waals surface area contributed by atoms with Crippen molar-refractivity contribution in [3.63, 3.8) is 0 Å². The number of aromatic nitrogens is 3. The van der Waals surface area contributed by atoms with Crippen molar-refractivity contribution >= 4 is 40.0 Å². The average molecular weight is 399 g/mol. The van der Waals surface area contributed by atoms with Crippen molar-refractivity contribution in [2.75, 3.05) is 6.54 Å². The van der Waals surface area contributed by atoms with E-state index in [1.54, 1.807) is 24.4 Å². The Kier molecular flexibility index (Phi) is 4.88. The molecular weight excluding hydrogens is 383 g/mol. The monoisotopic (exact) mass is 398 g/mol. The Morgan fingerprint density at radius 1 is 1.11 bits per heavy atom. The molecule has 1 amide bonds. The number of carbonyl (C=O) groups is 1. The highest BCUT2D eigenvalue weighted by molar-refractivity contribution is 6.35. The second-order valence-corrected chi connectivity index (χ2v) is 7.03. The van der Waals surface area contributed by atoms with Crippen LogP contribution < -0.4 is 5.32 Å². The molecular formula is C20H16Cl2N4O. The molecule has 136 valence electrons. The van der Waals surface area contributed by atoms with Gasteiger partial charge in [0.1, 0.15) is 5.69 Å². The molecule has 0 bridgehead atoms. The zero-order chi connectivity index (χ0) is 18.8. The lowest BCUT2D eigenvalue weighted by Gasteiger charge is -2.19. The third kappa shape index (κ3) is 3.56.